The van der Waals surface area contributed by atoms with E-state index in [-0.39, 0.29) is 16.9 Å². The van der Waals surface area contributed by atoms with Crippen LogP contribution in [0.15, 0.2) is 27.8 Å². The summed E-state index contributed by atoms with van der Waals surface area (Å²) in [5, 5.41) is 3.22. The van der Waals surface area contributed by atoms with Crippen LogP contribution in [0.2, 0.25) is 0 Å². The molecule has 0 aliphatic heterocycles. The SMILES string of the molecule is CC(=O)CCc1ccc2c(=O)[nH]n(C)c(=O)c2c1. The van der Waals surface area contributed by atoms with Crippen LogP contribution in [0.3, 0.4) is 0 Å². The second-order valence-corrected chi connectivity index (χ2v) is 4.39. The van der Waals surface area contributed by atoms with Crippen molar-refractivity contribution in [2.45, 2.75) is 19.8 Å². The van der Waals surface area contributed by atoms with Gasteiger partial charge < -0.3 is 4.79 Å². The summed E-state index contributed by atoms with van der Waals surface area (Å²) in [5.41, 5.74) is 0.361. The first-order valence-corrected chi connectivity index (χ1v) is 5.70. The first-order valence-electron chi connectivity index (χ1n) is 5.70. The predicted molar refractivity (Wildman–Crippen MR) is 68.8 cm³/mol. The number of Topliss-reactive ketones (excluding diaryl/α,β-unsaturated/α-hetero) is 1. The molecule has 0 aliphatic carbocycles. The number of carbonyl (C=O) groups excluding carboxylic acids is 1. The second kappa shape index (κ2) is 4.60. The van der Waals surface area contributed by atoms with Crippen molar-refractivity contribution >= 4 is 16.6 Å². The summed E-state index contributed by atoms with van der Waals surface area (Å²) in [6.07, 6.45) is 1.02. The van der Waals surface area contributed by atoms with E-state index in [2.05, 4.69) is 5.10 Å². The molecule has 0 saturated heterocycles. The van der Waals surface area contributed by atoms with Gasteiger partial charge in [0.15, 0.2) is 0 Å². The number of aromatic amines is 1. The lowest BCUT2D eigenvalue weighted by Gasteiger charge is -2.04. The van der Waals surface area contributed by atoms with Gasteiger partial charge in [-0.1, -0.05) is 6.07 Å². The van der Waals surface area contributed by atoms with E-state index in [9.17, 15) is 14.4 Å². The Hall–Kier alpha value is -2.17. The maximum absolute atomic E-state index is 11.9. The van der Waals surface area contributed by atoms with Crippen LogP contribution in [-0.2, 0) is 18.3 Å². The molecule has 2 rings (SSSR count). The van der Waals surface area contributed by atoms with E-state index in [0.29, 0.717) is 23.6 Å². The summed E-state index contributed by atoms with van der Waals surface area (Å²) in [7, 11) is 1.51. The summed E-state index contributed by atoms with van der Waals surface area (Å²) in [6.45, 7) is 1.53. The molecule has 0 bridgehead atoms. The van der Waals surface area contributed by atoms with Crippen LogP contribution in [0.25, 0.3) is 10.8 Å². The van der Waals surface area contributed by atoms with Gasteiger partial charge in [-0.25, -0.2) is 0 Å². The lowest BCUT2D eigenvalue weighted by Crippen LogP contribution is -2.27. The van der Waals surface area contributed by atoms with E-state index in [4.69, 9.17) is 0 Å². The lowest BCUT2D eigenvalue weighted by molar-refractivity contribution is -0.116. The molecule has 0 aliphatic rings. The maximum atomic E-state index is 11.9. The third-order valence-corrected chi connectivity index (χ3v) is 2.90. The minimum absolute atomic E-state index is 0.105. The summed E-state index contributed by atoms with van der Waals surface area (Å²) < 4.78 is 1.17. The van der Waals surface area contributed by atoms with Gasteiger partial charge in [0.1, 0.15) is 5.78 Å². The molecular formula is C13H14N2O3. The molecule has 1 aromatic heterocycles. The Labute approximate surface area is 103 Å². The third-order valence-electron chi connectivity index (χ3n) is 2.90. The lowest BCUT2D eigenvalue weighted by atomic mass is 10.0. The molecule has 94 valence electrons. The van der Waals surface area contributed by atoms with Crippen molar-refractivity contribution in [3.8, 4) is 0 Å². The molecule has 0 atom stereocenters. The summed E-state index contributed by atoms with van der Waals surface area (Å²) >= 11 is 0. The Kier molecular flexibility index (Phi) is 3.14. The highest BCUT2D eigenvalue weighted by atomic mass is 16.2. The number of aromatic nitrogens is 2. The molecule has 0 unspecified atom stereocenters. The Morgan fingerprint density at radius 2 is 2.00 bits per heavy atom. The monoisotopic (exact) mass is 246 g/mol. The average Bonchev–Trinajstić information content (AvgIpc) is 2.33. The van der Waals surface area contributed by atoms with Crippen LogP contribution in [0, 0.1) is 0 Å². The van der Waals surface area contributed by atoms with Crippen LogP contribution in [-0.4, -0.2) is 15.6 Å². The van der Waals surface area contributed by atoms with Crippen LogP contribution in [0.4, 0.5) is 0 Å². The van der Waals surface area contributed by atoms with Crippen molar-refractivity contribution in [1.82, 2.24) is 9.78 Å². The van der Waals surface area contributed by atoms with Gasteiger partial charge in [0.2, 0.25) is 0 Å². The number of H-pyrrole nitrogens is 1. The molecule has 5 nitrogen and oxygen atoms in total. The van der Waals surface area contributed by atoms with E-state index in [1.165, 1.54) is 18.7 Å². The number of fused-ring (bicyclic) bond motifs is 1. The van der Waals surface area contributed by atoms with Gasteiger partial charge in [0, 0.05) is 13.5 Å². The maximum Gasteiger partial charge on any atom is 0.272 e. The molecule has 0 saturated carbocycles. The number of nitrogens with one attached hydrogen (secondary N) is 1. The van der Waals surface area contributed by atoms with E-state index in [0.717, 1.165) is 5.56 Å². The first kappa shape index (κ1) is 12.3. The highest BCUT2D eigenvalue weighted by Gasteiger charge is 2.06. The number of hydrogen-bond donors (Lipinski definition) is 1. The highest BCUT2D eigenvalue weighted by molar-refractivity contribution is 5.81. The minimum Gasteiger partial charge on any atom is -0.300 e. The van der Waals surface area contributed by atoms with Crippen LogP contribution in [0.1, 0.15) is 18.9 Å². The summed E-state index contributed by atoms with van der Waals surface area (Å²) in [4.78, 5) is 34.5. The predicted octanol–water partition coefficient (Wildman–Crippen LogP) is 0.748. The normalized spacial score (nSPS) is 10.8. The molecule has 1 heterocycles. The molecular weight excluding hydrogens is 232 g/mol. The van der Waals surface area contributed by atoms with Crippen molar-refractivity contribution in [3.63, 3.8) is 0 Å². The molecule has 0 spiro atoms. The van der Waals surface area contributed by atoms with E-state index < -0.39 is 0 Å². The van der Waals surface area contributed by atoms with Gasteiger partial charge in [-0.15, -0.1) is 0 Å². The number of nitrogens with zero attached hydrogens (tertiary/aromatic N) is 1. The zero-order valence-electron chi connectivity index (χ0n) is 10.3. The van der Waals surface area contributed by atoms with E-state index >= 15 is 0 Å². The molecule has 18 heavy (non-hydrogen) atoms. The summed E-state index contributed by atoms with van der Waals surface area (Å²) in [6, 6.07) is 5.10. The number of hydrogen-bond acceptors (Lipinski definition) is 3. The molecule has 0 fully saturated rings. The Bertz CT molecular complexity index is 725. The van der Waals surface area contributed by atoms with Crippen molar-refractivity contribution in [3.05, 3.63) is 44.5 Å². The largest absolute Gasteiger partial charge is 0.300 e. The first-order chi connectivity index (χ1) is 8.49. The number of rotatable bonds is 3. The van der Waals surface area contributed by atoms with Crippen LogP contribution >= 0.6 is 0 Å². The van der Waals surface area contributed by atoms with Gasteiger partial charge in [-0.05, 0) is 31.0 Å². The molecule has 1 N–H and O–H groups in total. The van der Waals surface area contributed by atoms with Gasteiger partial charge >= 0.3 is 0 Å². The fourth-order valence-corrected chi connectivity index (χ4v) is 1.89. The molecule has 5 heteroatoms. The topological polar surface area (TPSA) is 71.9 Å². The fraction of sp³-hybridized carbons (Fsp3) is 0.308. The standard InChI is InChI=1S/C13H14N2O3/c1-8(16)3-4-9-5-6-10-11(7-9)13(18)15(2)14-12(10)17/h5-7H,3-4H2,1-2H3,(H,14,17). The number of ketones is 1. The van der Waals surface area contributed by atoms with E-state index in [1.807, 2.05) is 0 Å². The zero-order valence-corrected chi connectivity index (χ0v) is 10.3. The number of aryl methyl sites for hydroxylation is 2. The molecule has 0 amide bonds. The molecule has 1 aromatic carbocycles. The van der Waals surface area contributed by atoms with Crippen molar-refractivity contribution in [2.75, 3.05) is 0 Å². The fourth-order valence-electron chi connectivity index (χ4n) is 1.89. The highest BCUT2D eigenvalue weighted by Crippen LogP contribution is 2.10. The Morgan fingerprint density at radius 1 is 1.28 bits per heavy atom. The summed E-state index contributed by atoms with van der Waals surface area (Å²) in [5.74, 6) is 0.105. The second-order valence-electron chi connectivity index (χ2n) is 4.39. The van der Waals surface area contributed by atoms with Gasteiger partial charge in [-0.3, -0.25) is 19.4 Å². The zero-order chi connectivity index (χ0) is 13.3. The molecule has 2 aromatic rings. The number of benzene rings is 1. The van der Waals surface area contributed by atoms with Crippen LogP contribution < -0.4 is 11.1 Å². The van der Waals surface area contributed by atoms with Crippen molar-refractivity contribution < 1.29 is 4.79 Å². The average molecular weight is 246 g/mol. The van der Waals surface area contributed by atoms with Crippen LogP contribution in [0.5, 0.6) is 0 Å². The van der Waals surface area contributed by atoms with Crippen molar-refractivity contribution in [2.24, 2.45) is 7.05 Å². The van der Waals surface area contributed by atoms with Gasteiger partial charge in [-0.2, -0.15) is 0 Å². The Morgan fingerprint density at radius 3 is 2.67 bits per heavy atom. The smallest absolute Gasteiger partial charge is 0.272 e. The Balaban J connectivity index is 2.57. The third kappa shape index (κ3) is 2.25. The minimum atomic E-state index is -0.287. The van der Waals surface area contributed by atoms with Crippen molar-refractivity contribution in [1.29, 1.82) is 0 Å². The van der Waals surface area contributed by atoms with Gasteiger partial charge in [0.25, 0.3) is 11.1 Å². The van der Waals surface area contributed by atoms with Gasteiger partial charge in [0.05, 0.1) is 10.8 Å². The quantitative estimate of drug-likeness (QED) is 0.868. The molecule has 0 radical (unpaired) electrons. The number of carbonyl (C=O) groups is 1. The van der Waals surface area contributed by atoms with E-state index in [1.54, 1.807) is 18.2 Å².